The topological polar surface area (TPSA) is 77.1 Å². The summed E-state index contributed by atoms with van der Waals surface area (Å²) >= 11 is 0. The standard InChI is InChI=1S/C33H23N2O4.Pt/c1-18-14-20-11-13-29(34-31(20)24(36)15-18)38-28-17-21(16-27-30(28)23-8-4-5-9-25(23)37-27)33-35-32-22-7-3-2-6-19(22)10-12-26(32)39-33;/h2-9,11,13-16,26,32,36H,10,12H2,1H3;/q-1;/t26?,32-;/m0./s1/i10D2;. The van der Waals surface area contributed by atoms with Gasteiger partial charge in [0.05, 0.1) is 11.3 Å². The summed E-state index contributed by atoms with van der Waals surface area (Å²) in [5.41, 5.74) is 4.67. The number of rotatable bonds is 3. The molecule has 0 saturated heterocycles. The summed E-state index contributed by atoms with van der Waals surface area (Å²) < 4.78 is 36.1. The van der Waals surface area contributed by atoms with Crippen LogP contribution in [0.25, 0.3) is 32.8 Å². The minimum atomic E-state index is -1.52. The van der Waals surface area contributed by atoms with Crippen molar-refractivity contribution in [2.24, 2.45) is 4.99 Å². The van der Waals surface area contributed by atoms with Crippen molar-refractivity contribution < 1.29 is 42.8 Å². The second-order valence-corrected chi connectivity index (χ2v) is 9.96. The number of aromatic hydroxyl groups is 1. The molecule has 1 aliphatic heterocycles. The zero-order valence-corrected chi connectivity index (χ0v) is 23.5. The van der Waals surface area contributed by atoms with E-state index in [9.17, 15) is 5.11 Å². The number of phenolic OH excluding ortho intramolecular Hbond substituents is 1. The van der Waals surface area contributed by atoms with Crippen LogP contribution in [0.4, 0.5) is 0 Å². The largest absolute Gasteiger partial charge is 0.514 e. The second-order valence-electron chi connectivity index (χ2n) is 9.96. The van der Waals surface area contributed by atoms with Gasteiger partial charge in [-0.1, -0.05) is 60.2 Å². The molecule has 0 amide bonds. The molecule has 1 unspecified atom stereocenters. The summed E-state index contributed by atoms with van der Waals surface area (Å²) in [6.07, 6.45) is -1.76. The van der Waals surface area contributed by atoms with Gasteiger partial charge in [0.15, 0.2) is 0 Å². The van der Waals surface area contributed by atoms with Crippen LogP contribution in [-0.2, 0) is 32.2 Å². The molecule has 0 radical (unpaired) electrons. The van der Waals surface area contributed by atoms with Crippen LogP contribution in [0.2, 0.25) is 0 Å². The zero-order chi connectivity index (χ0) is 27.9. The van der Waals surface area contributed by atoms with Gasteiger partial charge in [0, 0.05) is 35.3 Å². The van der Waals surface area contributed by atoms with Crippen molar-refractivity contribution in [3.8, 4) is 17.4 Å². The van der Waals surface area contributed by atoms with Gasteiger partial charge in [-0.25, -0.2) is 4.98 Å². The van der Waals surface area contributed by atoms with Gasteiger partial charge in [-0.15, -0.1) is 0 Å². The number of fused-ring (bicyclic) bond motifs is 7. The van der Waals surface area contributed by atoms with E-state index in [0.29, 0.717) is 45.3 Å². The van der Waals surface area contributed by atoms with E-state index in [1.165, 1.54) is 0 Å². The normalized spacial score (nSPS) is 19.7. The van der Waals surface area contributed by atoms with Gasteiger partial charge in [0.2, 0.25) is 5.88 Å². The summed E-state index contributed by atoms with van der Waals surface area (Å²) in [6, 6.07) is 27.3. The maximum absolute atomic E-state index is 10.5. The van der Waals surface area contributed by atoms with Crippen LogP contribution in [0.15, 0.2) is 88.3 Å². The summed E-state index contributed by atoms with van der Waals surface area (Å²) in [5, 5.41) is 12.9. The maximum Gasteiger partial charge on any atom is 0.217 e. The molecule has 8 rings (SSSR count). The SMILES string of the molecule is [2H]C1([2H])CC2OC(c3[c-]c(Oc4ccc5cc(C)cc(O)c5n4)c4c(c3)oc3ccccc34)=N[C@H]2c2ccccc21.[Pt]. The Hall–Kier alpha value is -4.15. The van der Waals surface area contributed by atoms with E-state index in [4.69, 9.17) is 21.6 Å². The van der Waals surface area contributed by atoms with Crippen molar-refractivity contribution in [1.29, 1.82) is 0 Å². The van der Waals surface area contributed by atoms with Gasteiger partial charge in [-0.2, -0.15) is 0 Å². The van der Waals surface area contributed by atoms with Gasteiger partial charge in [-0.05, 0) is 71.4 Å². The van der Waals surface area contributed by atoms with Crippen molar-refractivity contribution in [3.05, 3.63) is 107 Å². The first-order valence-corrected chi connectivity index (χ1v) is 12.8. The molecule has 0 bridgehead atoms. The molecule has 2 aromatic heterocycles. The summed E-state index contributed by atoms with van der Waals surface area (Å²) in [4.78, 5) is 9.49. The van der Waals surface area contributed by atoms with E-state index < -0.39 is 12.5 Å². The maximum atomic E-state index is 10.5. The number of aromatic nitrogens is 1. The fourth-order valence-electron chi connectivity index (χ4n) is 5.58. The molecule has 0 fully saturated rings. The number of phenols is 1. The Kier molecular flexibility index (Phi) is 5.37. The molecule has 0 spiro atoms. The Bertz CT molecular complexity index is 2070. The van der Waals surface area contributed by atoms with Crippen LogP contribution in [0.3, 0.4) is 0 Å². The quantitative estimate of drug-likeness (QED) is 0.192. The van der Waals surface area contributed by atoms with E-state index in [1.54, 1.807) is 12.1 Å². The number of para-hydroxylation sites is 1. The van der Waals surface area contributed by atoms with Gasteiger partial charge < -0.3 is 19.0 Å². The summed E-state index contributed by atoms with van der Waals surface area (Å²) in [5.74, 6) is 1.12. The number of aliphatic imine (C=N–C) groups is 1. The van der Waals surface area contributed by atoms with Crippen molar-refractivity contribution in [2.75, 3.05) is 0 Å². The van der Waals surface area contributed by atoms with Crippen molar-refractivity contribution in [3.63, 3.8) is 0 Å². The number of nitrogens with zero attached hydrogens (tertiary/aromatic N) is 2. The number of benzene rings is 4. The van der Waals surface area contributed by atoms with Crippen LogP contribution in [-0.4, -0.2) is 22.1 Å². The Labute approximate surface area is 247 Å². The van der Waals surface area contributed by atoms with Crippen molar-refractivity contribution in [2.45, 2.75) is 31.9 Å². The van der Waals surface area contributed by atoms with E-state index in [2.05, 4.69) is 11.1 Å². The second kappa shape index (κ2) is 9.49. The molecule has 200 valence electrons. The number of pyridine rings is 1. The van der Waals surface area contributed by atoms with Crippen LogP contribution in [0.5, 0.6) is 17.4 Å². The minimum Gasteiger partial charge on any atom is -0.514 e. The Morgan fingerprint density at radius 1 is 1.02 bits per heavy atom. The number of furan rings is 1. The molecule has 0 saturated carbocycles. The molecule has 1 N–H and O–H groups in total. The van der Waals surface area contributed by atoms with E-state index in [1.807, 2.05) is 73.7 Å². The molecule has 6 aromatic rings. The molecule has 7 heteroatoms. The zero-order valence-electron chi connectivity index (χ0n) is 23.2. The third-order valence-corrected chi connectivity index (χ3v) is 7.35. The first-order chi connectivity index (χ1) is 19.8. The Balaban J connectivity index is 0.00000288. The summed E-state index contributed by atoms with van der Waals surface area (Å²) in [6.45, 7) is 1.92. The molecular weight excluding hydrogens is 683 g/mol. The molecule has 2 atom stereocenters. The van der Waals surface area contributed by atoms with Crippen LogP contribution in [0, 0.1) is 13.0 Å². The monoisotopic (exact) mass is 708 g/mol. The van der Waals surface area contributed by atoms with Crippen molar-refractivity contribution >= 4 is 38.7 Å². The predicted molar refractivity (Wildman–Crippen MR) is 150 cm³/mol. The third-order valence-electron chi connectivity index (χ3n) is 7.35. The molecule has 4 aromatic carbocycles. The average molecular weight is 709 g/mol. The van der Waals surface area contributed by atoms with E-state index in [0.717, 1.165) is 27.3 Å². The summed E-state index contributed by atoms with van der Waals surface area (Å²) in [7, 11) is 0. The van der Waals surface area contributed by atoms with Gasteiger partial charge in [-0.3, -0.25) is 4.99 Å². The number of hydrogen-bond donors (Lipinski definition) is 1. The van der Waals surface area contributed by atoms with Gasteiger partial charge in [0.1, 0.15) is 34.9 Å². The van der Waals surface area contributed by atoms with E-state index in [-0.39, 0.29) is 39.3 Å². The number of aryl methyl sites for hydroxylation is 2. The van der Waals surface area contributed by atoms with E-state index >= 15 is 0 Å². The first-order valence-electron chi connectivity index (χ1n) is 13.8. The van der Waals surface area contributed by atoms with Gasteiger partial charge in [0.25, 0.3) is 0 Å². The molecule has 40 heavy (non-hydrogen) atoms. The fraction of sp³-hybridized carbons (Fsp3) is 0.152. The molecular formula is C33H23N2O4Pt-. The molecule has 1 aliphatic carbocycles. The molecule has 3 heterocycles. The molecule has 6 nitrogen and oxygen atoms in total. The fourth-order valence-corrected chi connectivity index (χ4v) is 5.58. The predicted octanol–water partition coefficient (Wildman–Crippen LogP) is 7.57. The van der Waals surface area contributed by atoms with Crippen LogP contribution < -0.4 is 4.74 Å². The molecule has 2 aliphatic rings. The minimum absolute atomic E-state index is 0. The average Bonchev–Trinajstić information content (AvgIpc) is 3.55. The van der Waals surface area contributed by atoms with Crippen LogP contribution >= 0.6 is 0 Å². The third kappa shape index (κ3) is 3.98. The number of hydrogen-bond acceptors (Lipinski definition) is 6. The Morgan fingerprint density at radius 2 is 1.88 bits per heavy atom. The smallest absolute Gasteiger partial charge is 0.217 e. The first kappa shape index (κ1) is 22.6. The van der Waals surface area contributed by atoms with Crippen LogP contribution in [0.1, 0.15) is 37.5 Å². The number of ether oxygens (including phenoxy) is 2. The van der Waals surface area contributed by atoms with Gasteiger partial charge >= 0.3 is 0 Å². The Morgan fingerprint density at radius 3 is 2.80 bits per heavy atom. The van der Waals surface area contributed by atoms with Crippen molar-refractivity contribution in [1.82, 2.24) is 4.98 Å².